The third kappa shape index (κ3) is 4.93. The highest BCUT2D eigenvalue weighted by Crippen LogP contribution is 2.38. The summed E-state index contributed by atoms with van der Waals surface area (Å²) in [6.07, 6.45) is 4.52. The van der Waals surface area contributed by atoms with E-state index in [0.29, 0.717) is 17.9 Å². The van der Waals surface area contributed by atoms with Gasteiger partial charge in [0.05, 0.1) is 12.2 Å². The highest BCUT2D eigenvalue weighted by atomic mass is 127. The van der Waals surface area contributed by atoms with Crippen molar-refractivity contribution in [3.63, 3.8) is 0 Å². The minimum Gasteiger partial charge on any atom is -0.369 e. The lowest BCUT2D eigenvalue weighted by molar-refractivity contribution is -0.0727. The average Bonchev–Trinajstić information content (AvgIpc) is 2.45. The Kier molecular flexibility index (Phi) is 7.01. The molecular formula is C18H26BrIO. The molecule has 21 heavy (non-hydrogen) atoms. The van der Waals surface area contributed by atoms with Gasteiger partial charge in [0.1, 0.15) is 0 Å². The van der Waals surface area contributed by atoms with Crippen LogP contribution in [0.15, 0.2) is 28.7 Å². The Balaban J connectivity index is 2.09. The Morgan fingerprint density at radius 2 is 1.90 bits per heavy atom. The van der Waals surface area contributed by atoms with Crippen molar-refractivity contribution >= 4 is 38.5 Å². The van der Waals surface area contributed by atoms with Crippen LogP contribution in [-0.4, -0.2) is 10.5 Å². The van der Waals surface area contributed by atoms with Gasteiger partial charge in [-0.05, 0) is 48.3 Å². The van der Waals surface area contributed by atoms with E-state index < -0.39 is 0 Å². The fourth-order valence-electron chi connectivity index (χ4n) is 3.36. The van der Waals surface area contributed by atoms with Gasteiger partial charge in [-0.25, -0.2) is 0 Å². The molecule has 1 nitrogen and oxygen atoms in total. The largest absolute Gasteiger partial charge is 0.369 e. The molecule has 1 aliphatic carbocycles. The summed E-state index contributed by atoms with van der Waals surface area (Å²) >= 11 is 5.96. The summed E-state index contributed by atoms with van der Waals surface area (Å²) in [7, 11) is 0. The quantitative estimate of drug-likeness (QED) is 0.361. The highest BCUT2D eigenvalue weighted by Gasteiger charge is 2.33. The maximum Gasteiger partial charge on any atom is 0.0918 e. The van der Waals surface area contributed by atoms with Crippen molar-refractivity contribution in [1.29, 1.82) is 0 Å². The summed E-state index contributed by atoms with van der Waals surface area (Å²) < 4.78 is 8.73. The van der Waals surface area contributed by atoms with Crippen LogP contribution in [0.3, 0.4) is 0 Å². The molecule has 1 aliphatic rings. The van der Waals surface area contributed by atoms with Gasteiger partial charge in [-0.3, -0.25) is 0 Å². The van der Waals surface area contributed by atoms with Gasteiger partial charge in [-0.1, -0.05) is 77.8 Å². The minimum absolute atomic E-state index is 0.218. The van der Waals surface area contributed by atoms with Crippen LogP contribution in [-0.2, 0) is 4.74 Å². The number of halogens is 2. The summed E-state index contributed by atoms with van der Waals surface area (Å²) in [6.45, 7) is 7.05. The van der Waals surface area contributed by atoms with Gasteiger partial charge in [0.25, 0.3) is 0 Å². The van der Waals surface area contributed by atoms with Gasteiger partial charge in [0.15, 0.2) is 0 Å². The minimum atomic E-state index is 0.218. The van der Waals surface area contributed by atoms with Crippen molar-refractivity contribution in [3.8, 4) is 0 Å². The fourth-order valence-corrected chi connectivity index (χ4v) is 4.34. The Morgan fingerprint density at radius 1 is 1.24 bits per heavy atom. The summed E-state index contributed by atoms with van der Waals surface area (Å²) in [5.74, 6) is 2.22. The molecule has 118 valence electrons. The fraction of sp³-hybridized carbons (Fsp3) is 0.667. The van der Waals surface area contributed by atoms with Crippen LogP contribution in [0.4, 0.5) is 0 Å². The molecule has 0 aromatic heterocycles. The third-order valence-electron chi connectivity index (χ3n) is 4.68. The van der Waals surface area contributed by atoms with Crippen molar-refractivity contribution < 1.29 is 4.74 Å². The normalized spacial score (nSPS) is 27.8. The second-order valence-electron chi connectivity index (χ2n) is 6.70. The first-order valence-corrected chi connectivity index (χ1v) is 10.3. The molecule has 0 spiro atoms. The first-order chi connectivity index (χ1) is 10.0. The smallest absolute Gasteiger partial charge is 0.0918 e. The molecule has 3 heteroatoms. The van der Waals surface area contributed by atoms with Crippen LogP contribution in [0.2, 0.25) is 0 Å². The van der Waals surface area contributed by atoms with E-state index in [0.717, 1.165) is 14.8 Å². The molecule has 1 fully saturated rings. The van der Waals surface area contributed by atoms with Crippen LogP contribution in [0, 0.1) is 17.8 Å². The summed E-state index contributed by atoms with van der Waals surface area (Å²) in [5, 5.41) is 0. The van der Waals surface area contributed by atoms with Crippen LogP contribution < -0.4 is 0 Å². The lowest BCUT2D eigenvalue weighted by atomic mass is 9.75. The molecule has 1 saturated carbocycles. The highest BCUT2D eigenvalue weighted by molar-refractivity contribution is 14.1. The van der Waals surface area contributed by atoms with E-state index in [-0.39, 0.29) is 6.10 Å². The van der Waals surface area contributed by atoms with E-state index >= 15 is 0 Å². The lowest BCUT2D eigenvalue weighted by Crippen LogP contribution is -2.35. The second-order valence-corrected chi connectivity index (χ2v) is 8.49. The maximum absolute atomic E-state index is 6.59. The standard InChI is InChI=1S/C18H26BrIO/c1-12(2)16-9-4-13(3)10-17(16)21-18(11-20)14-5-7-15(19)8-6-14/h5-8,12-13,16-18H,4,9-11H2,1-3H3. The van der Waals surface area contributed by atoms with Gasteiger partial charge in [-0.15, -0.1) is 0 Å². The molecule has 0 saturated heterocycles. The van der Waals surface area contributed by atoms with E-state index in [1.807, 2.05) is 0 Å². The SMILES string of the molecule is CC1CCC(C(C)C)C(OC(CI)c2ccc(Br)cc2)C1. The first kappa shape index (κ1) is 17.7. The van der Waals surface area contributed by atoms with E-state index in [4.69, 9.17) is 4.74 Å². The summed E-state index contributed by atoms with van der Waals surface area (Å²) in [4.78, 5) is 0. The van der Waals surface area contributed by atoms with Gasteiger partial charge in [0, 0.05) is 8.90 Å². The number of rotatable bonds is 5. The van der Waals surface area contributed by atoms with Crippen LogP contribution >= 0.6 is 38.5 Å². The number of ether oxygens (including phenoxy) is 1. The Morgan fingerprint density at radius 3 is 2.48 bits per heavy atom. The molecule has 0 radical (unpaired) electrons. The molecule has 0 heterocycles. The van der Waals surface area contributed by atoms with Crippen LogP contribution in [0.5, 0.6) is 0 Å². The molecule has 0 amide bonds. The topological polar surface area (TPSA) is 9.23 Å². The molecule has 0 N–H and O–H groups in total. The molecule has 2 rings (SSSR count). The summed E-state index contributed by atoms with van der Waals surface area (Å²) in [5.41, 5.74) is 1.30. The van der Waals surface area contributed by atoms with Gasteiger partial charge in [-0.2, -0.15) is 0 Å². The molecule has 1 aromatic carbocycles. The van der Waals surface area contributed by atoms with Crippen molar-refractivity contribution in [2.24, 2.45) is 17.8 Å². The van der Waals surface area contributed by atoms with Crippen LogP contribution in [0.25, 0.3) is 0 Å². The van der Waals surface area contributed by atoms with Crippen molar-refractivity contribution in [2.75, 3.05) is 4.43 Å². The monoisotopic (exact) mass is 464 g/mol. The van der Waals surface area contributed by atoms with E-state index in [2.05, 4.69) is 83.6 Å². The maximum atomic E-state index is 6.59. The van der Waals surface area contributed by atoms with E-state index in [9.17, 15) is 0 Å². The zero-order chi connectivity index (χ0) is 15.4. The second kappa shape index (κ2) is 8.30. The molecule has 1 aromatic rings. The Labute approximate surface area is 151 Å². The Bertz CT molecular complexity index is 431. The number of benzene rings is 1. The lowest BCUT2D eigenvalue weighted by Gasteiger charge is -2.39. The molecule has 0 aliphatic heterocycles. The van der Waals surface area contributed by atoms with Gasteiger partial charge >= 0.3 is 0 Å². The zero-order valence-corrected chi connectivity index (χ0v) is 16.9. The molecule has 4 unspecified atom stereocenters. The first-order valence-electron chi connectivity index (χ1n) is 7.98. The van der Waals surface area contributed by atoms with Crippen LogP contribution in [0.1, 0.15) is 51.7 Å². The van der Waals surface area contributed by atoms with Gasteiger partial charge in [0.2, 0.25) is 0 Å². The third-order valence-corrected chi connectivity index (χ3v) is 6.01. The zero-order valence-electron chi connectivity index (χ0n) is 13.2. The number of alkyl halides is 1. The van der Waals surface area contributed by atoms with Crippen molar-refractivity contribution in [1.82, 2.24) is 0 Å². The number of hydrogen-bond acceptors (Lipinski definition) is 1. The number of hydrogen-bond donors (Lipinski definition) is 0. The van der Waals surface area contributed by atoms with Gasteiger partial charge < -0.3 is 4.74 Å². The predicted molar refractivity (Wildman–Crippen MR) is 102 cm³/mol. The van der Waals surface area contributed by atoms with E-state index in [1.54, 1.807) is 0 Å². The Hall–Kier alpha value is 0.390. The summed E-state index contributed by atoms with van der Waals surface area (Å²) in [6, 6.07) is 8.59. The molecule has 0 bridgehead atoms. The molecular weight excluding hydrogens is 439 g/mol. The van der Waals surface area contributed by atoms with Crippen molar-refractivity contribution in [3.05, 3.63) is 34.3 Å². The average molecular weight is 465 g/mol. The predicted octanol–water partition coefficient (Wildman–Crippen LogP) is 6.40. The van der Waals surface area contributed by atoms with Crippen molar-refractivity contribution in [2.45, 2.75) is 52.2 Å². The molecule has 4 atom stereocenters. The van der Waals surface area contributed by atoms with E-state index in [1.165, 1.54) is 24.8 Å².